The maximum atomic E-state index is 13.7. The number of carbonyl (C=O) groups is 1. The summed E-state index contributed by atoms with van der Waals surface area (Å²) in [5.74, 6) is -0.399. The van der Waals surface area contributed by atoms with E-state index in [4.69, 9.17) is 16.3 Å². The number of nitrogens with zero attached hydrogens (tertiary/aromatic N) is 2. The van der Waals surface area contributed by atoms with Crippen molar-refractivity contribution in [2.24, 2.45) is 0 Å². The number of hydrogen-bond acceptors (Lipinski definition) is 3. The van der Waals surface area contributed by atoms with Crippen molar-refractivity contribution in [3.8, 4) is 5.75 Å². The second kappa shape index (κ2) is 7.36. The molecule has 25 heavy (non-hydrogen) atoms. The topological polar surface area (TPSA) is 56.2 Å². The number of halogens is 2. The Morgan fingerprint density at radius 1 is 1.28 bits per heavy atom. The van der Waals surface area contributed by atoms with Crippen LogP contribution in [0.25, 0.3) is 0 Å². The predicted octanol–water partition coefficient (Wildman–Crippen LogP) is 4.27. The zero-order valence-corrected chi connectivity index (χ0v) is 14.1. The van der Waals surface area contributed by atoms with E-state index in [2.05, 4.69) is 10.4 Å². The van der Waals surface area contributed by atoms with Crippen molar-refractivity contribution in [2.75, 3.05) is 5.32 Å². The lowest BCUT2D eigenvalue weighted by atomic mass is 10.2. The van der Waals surface area contributed by atoms with Crippen molar-refractivity contribution in [1.29, 1.82) is 0 Å². The normalized spacial score (nSPS) is 10.5. The molecule has 0 aliphatic carbocycles. The molecule has 0 aliphatic rings. The lowest BCUT2D eigenvalue weighted by Gasteiger charge is -2.07. The third kappa shape index (κ3) is 4.36. The highest BCUT2D eigenvalue weighted by Crippen LogP contribution is 2.18. The van der Waals surface area contributed by atoms with Gasteiger partial charge in [0.25, 0.3) is 5.91 Å². The molecule has 0 saturated carbocycles. The van der Waals surface area contributed by atoms with E-state index in [1.807, 2.05) is 6.92 Å². The molecular formula is C18H15ClFN3O2. The predicted molar refractivity (Wildman–Crippen MR) is 93.4 cm³/mol. The van der Waals surface area contributed by atoms with E-state index in [9.17, 15) is 9.18 Å². The Labute approximate surface area is 149 Å². The SMILES string of the molecule is Cc1ccc(F)c(NC(=O)c2ccn(COc3cccc(Cl)c3)n2)c1. The van der Waals surface area contributed by atoms with Crippen LogP contribution in [-0.2, 0) is 6.73 Å². The quantitative estimate of drug-likeness (QED) is 0.740. The first-order valence-electron chi connectivity index (χ1n) is 7.50. The minimum absolute atomic E-state index is 0.117. The van der Waals surface area contributed by atoms with Gasteiger partial charge in [0, 0.05) is 11.2 Å². The second-order valence-corrected chi connectivity index (χ2v) is 5.85. The van der Waals surface area contributed by atoms with Crippen molar-refractivity contribution in [2.45, 2.75) is 13.7 Å². The van der Waals surface area contributed by atoms with Crippen LogP contribution in [0, 0.1) is 12.7 Å². The molecule has 1 N–H and O–H groups in total. The highest BCUT2D eigenvalue weighted by atomic mass is 35.5. The lowest BCUT2D eigenvalue weighted by molar-refractivity contribution is 0.101. The summed E-state index contributed by atoms with van der Waals surface area (Å²) in [7, 11) is 0. The highest BCUT2D eigenvalue weighted by Gasteiger charge is 2.12. The van der Waals surface area contributed by atoms with Crippen LogP contribution in [0.2, 0.25) is 5.02 Å². The Hall–Kier alpha value is -2.86. The van der Waals surface area contributed by atoms with Gasteiger partial charge >= 0.3 is 0 Å². The standard InChI is InChI=1S/C18H15ClFN3O2/c1-12-5-6-15(20)17(9-12)21-18(24)16-7-8-23(22-16)11-25-14-4-2-3-13(19)10-14/h2-10H,11H2,1H3,(H,21,24). The van der Waals surface area contributed by atoms with Gasteiger partial charge in [-0.15, -0.1) is 0 Å². The number of carbonyl (C=O) groups excluding carboxylic acids is 1. The van der Waals surface area contributed by atoms with Gasteiger partial charge in [0.1, 0.15) is 11.6 Å². The van der Waals surface area contributed by atoms with E-state index in [-0.39, 0.29) is 18.1 Å². The first-order chi connectivity index (χ1) is 12.0. The highest BCUT2D eigenvalue weighted by molar-refractivity contribution is 6.30. The van der Waals surface area contributed by atoms with Crippen LogP contribution < -0.4 is 10.1 Å². The molecule has 3 aromatic rings. The number of amides is 1. The molecule has 1 heterocycles. The molecule has 0 spiro atoms. The number of aromatic nitrogens is 2. The van der Waals surface area contributed by atoms with Crippen molar-refractivity contribution in [3.05, 3.63) is 76.8 Å². The number of aryl methyl sites for hydroxylation is 1. The zero-order chi connectivity index (χ0) is 17.8. The maximum absolute atomic E-state index is 13.7. The summed E-state index contributed by atoms with van der Waals surface area (Å²) in [5.41, 5.74) is 1.13. The first kappa shape index (κ1) is 17.0. The van der Waals surface area contributed by atoms with E-state index >= 15 is 0 Å². The minimum Gasteiger partial charge on any atom is -0.471 e. The van der Waals surface area contributed by atoms with Gasteiger partial charge in [-0.2, -0.15) is 5.10 Å². The lowest BCUT2D eigenvalue weighted by Crippen LogP contribution is -2.15. The summed E-state index contributed by atoms with van der Waals surface area (Å²) >= 11 is 5.89. The van der Waals surface area contributed by atoms with Crippen LogP contribution in [0.5, 0.6) is 5.75 Å². The van der Waals surface area contributed by atoms with Crippen molar-refractivity contribution < 1.29 is 13.9 Å². The van der Waals surface area contributed by atoms with Gasteiger partial charge in [-0.3, -0.25) is 4.79 Å². The molecule has 1 aromatic heterocycles. The fourth-order valence-corrected chi connectivity index (χ4v) is 2.35. The van der Waals surface area contributed by atoms with Crippen LogP contribution in [0.3, 0.4) is 0 Å². The number of hydrogen-bond donors (Lipinski definition) is 1. The van der Waals surface area contributed by atoms with Gasteiger partial charge in [-0.1, -0.05) is 23.7 Å². The summed E-state index contributed by atoms with van der Waals surface area (Å²) in [6.45, 7) is 1.93. The van der Waals surface area contributed by atoms with Crippen LogP contribution in [0.1, 0.15) is 16.1 Å². The molecule has 0 aliphatic heterocycles. The van der Waals surface area contributed by atoms with E-state index < -0.39 is 11.7 Å². The molecule has 0 radical (unpaired) electrons. The van der Waals surface area contributed by atoms with E-state index in [1.165, 1.54) is 16.8 Å². The van der Waals surface area contributed by atoms with Gasteiger partial charge in [0.15, 0.2) is 12.4 Å². The summed E-state index contributed by atoms with van der Waals surface area (Å²) in [5, 5.41) is 7.20. The molecule has 0 unspecified atom stereocenters. The van der Waals surface area contributed by atoms with Crippen molar-refractivity contribution in [1.82, 2.24) is 9.78 Å². The molecule has 0 saturated heterocycles. The Kier molecular flexibility index (Phi) is 5.00. The largest absolute Gasteiger partial charge is 0.471 e. The molecule has 128 valence electrons. The summed E-state index contributed by atoms with van der Waals surface area (Å²) in [6.07, 6.45) is 1.60. The molecule has 0 atom stereocenters. The van der Waals surface area contributed by atoms with Crippen LogP contribution in [0.4, 0.5) is 10.1 Å². The van der Waals surface area contributed by atoms with Gasteiger partial charge in [-0.05, 0) is 48.9 Å². The summed E-state index contributed by atoms with van der Waals surface area (Å²) in [6, 6.07) is 13.0. The number of benzene rings is 2. The van der Waals surface area contributed by atoms with Gasteiger partial charge in [-0.25, -0.2) is 9.07 Å². The minimum atomic E-state index is -0.498. The van der Waals surface area contributed by atoms with Crippen LogP contribution >= 0.6 is 11.6 Å². The molecule has 7 heteroatoms. The van der Waals surface area contributed by atoms with E-state index in [0.29, 0.717) is 10.8 Å². The number of rotatable bonds is 5. The maximum Gasteiger partial charge on any atom is 0.276 e. The molecule has 5 nitrogen and oxygen atoms in total. The molecule has 1 amide bonds. The fourth-order valence-electron chi connectivity index (χ4n) is 2.17. The van der Waals surface area contributed by atoms with E-state index in [0.717, 1.165) is 5.56 Å². The molecule has 2 aromatic carbocycles. The Morgan fingerprint density at radius 2 is 2.12 bits per heavy atom. The van der Waals surface area contributed by atoms with Gasteiger partial charge in [0.05, 0.1) is 5.69 Å². The third-order valence-corrected chi connectivity index (χ3v) is 3.64. The molecular weight excluding hydrogens is 345 g/mol. The Bertz CT molecular complexity index is 911. The van der Waals surface area contributed by atoms with E-state index in [1.54, 1.807) is 42.6 Å². The molecule has 0 fully saturated rings. The van der Waals surface area contributed by atoms with Gasteiger partial charge in [0.2, 0.25) is 0 Å². The van der Waals surface area contributed by atoms with Crippen molar-refractivity contribution in [3.63, 3.8) is 0 Å². The Morgan fingerprint density at radius 3 is 2.92 bits per heavy atom. The number of ether oxygens (including phenoxy) is 1. The van der Waals surface area contributed by atoms with Crippen LogP contribution in [0.15, 0.2) is 54.7 Å². The Balaban J connectivity index is 1.64. The number of anilines is 1. The monoisotopic (exact) mass is 359 g/mol. The summed E-state index contributed by atoms with van der Waals surface area (Å²) < 4.78 is 20.7. The fraction of sp³-hybridized carbons (Fsp3) is 0.111. The third-order valence-electron chi connectivity index (χ3n) is 3.40. The second-order valence-electron chi connectivity index (χ2n) is 5.41. The van der Waals surface area contributed by atoms with Crippen LogP contribution in [-0.4, -0.2) is 15.7 Å². The average Bonchev–Trinajstić information content (AvgIpc) is 3.05. The zero-order valence-electron chi connectivity index (χ0n) is 13.4. The first-order valence-corrected chi connectivity index (χ1v) is 7.88. The van der Waals surface area contributed by atoms with Gasteiger partial charge < -0.3 is 10.1 Å². The number of nitrogens with one attached hydrogen (secondary N) is 1. The average molecular weight is 360 g/mol. The molecule has 3 rings (SSSR count). The summed E-state index contributed by atoms with van der Waals surface area (Å²) in [4.78, 5) is 12.2. The van der Waals surface area contributed by atoms with Crippen molar-refractivity contribution >= 4 is 23.2 Å². The molecule has 0 bridgehead atoms. The smallest absolute Gasteiger partial charge is 0.276 e.